The van der Waals surface area contributed by atoms with E-state index in [1.807, 2.05) is 13.0 Å². The summed E-state index contributed by atoms with van der Waals surface area (Å²) in [7, 11) is 0. The molecule has 4 aromatic rings. The third-order valence-electron chi connectivity index (χ3n) is 5.63. The number of halogens is 4. The van der Waals surface area contributed by atoms with Gasteiger partial charge in [0.1, 0.15) is 16.6 Å². The highest BCUT2D eigenvalue weighted by Crippen LogP contribution is 2.34. The first-order chi connectivity index (χ1) is 19.2. The Bertz CT molecular complexity index is 1580. The maximum Gasteiger partial charge on any atom is 0.435 e. The van der Waals surface area contributed by atoms with Crippen LogP contribution in [-0.4, -0.2) is 37.3 Å². The zero-order chi connectivity index (χ0) is 29.9. The topological polar surface area (TPSA) is 111 Å². The summed E-state index contributed by atoms with van der Waals surface area (Å²) in [5.41, 5.74) is -0.668. The molecule has 0 aliphatic heterocycles. The predicted octanol–water partition coefficient (Wildman–Crippen LogP) is 7.22. The molecule has 2 aromatic heterocycles. The molecule has 9 nitrogen and oxygen atoms in total. The Morgan fingerprint density at radius 2 is 1.78 bits per heavy atom. The van der Waals surface area contributed by atoms with Gasteiger partial charge in [0.2, 0.25) is 0 Å². The standard InChI is InChI=1S/C28H26ClF3N6O3/c1-16(35-24-14-33-13-23(29)37-24)17-6-5-7-22(11-17)36-25(39)19-8-18(9-21(10-19)28(30,31)32)20-12-34-38(15-20)26(40)41-27(2,3)4/h5-16H,1-4H3,(H,35,37)(H,36,39). The van der Waals surface area contributed by atoms with E-state index in [2.05, 4.69) is 25.7 Å². The maximum atomic E-state index is 13.8. The van der Waals surface area contributed by atoms with Crippen LogP contribution in [0.3, 0.4) is 0 Å². The minimum absolute atomic E-state index is 0.0500. The Hall–Kier alpha value is -4.45. The van der Waals surface area contributed by atoms with Crippen molar-refractivity contribution < 1.29 is 27.5 Å². The molecule has 13 heteroatoms. The number of nitrogens with one attached hydrogen (secondary N) is 2. The molecule has 214 valence electrons. The van der Waals surface area contributed by atoms with E-state index in [0.717, 1.165) is 22.4 Å². The number of benzene rings is 2. The second-order valence-electron chi connectivity index (χ2n) is 10.1. The van der Waals surface area contributed by atoms with Crippen LogP contribution in [0.25, 0.3) is 11.1 Å². The number of alkyl halides is 3. The Morgan fingerprint density at radius 1 is 1.02 bits per heavy atom. The van der Waals surface area contributed by atoms with Gasteiger partial charge in [-0.1, -0.05) is 23.7 Å². The van der Waals surface area contributed by atoms with Gasteiger partial charge in [-0.25, -0.2) is 9.78 Å². The van der Waals surface area contributed by atoms with Crippen molar-refractivity contribution in [3.05, 3.63) is 89.1 Å². The largest absolute Gasteiger partial charge is 0.442 e. The molecule has 0 saturated carbocycles. The summed E-state index contributed by atoms with van der Waals surface area (Å²) in [6, 6.07) is 9.52. The normalized spacial score (nSPS) is 12.5. The first kappa shape index (κ1) is 29.5. The van der Waals surface area contributed by atoms with Crippen LogP contribution >= 0.6 is 11.6 Å². The molecule has 2 N–H and O–H groups in total. The third-order valence-corrected chi connectivity index (χ3v) is 5.82. The van der Waals surface area contributed by atoms with Crippen LogP contribution in [0.2, 0.25) is 5.15 Å². The quantitative estimate of drug-likeness (QED) is 0.245. The number of hydrogen-bond donors (Lipinski definition) is 2. The van der Waals surface area contributed by atoms with Gasteiger partial charge in [-0.3, -0.25) is 9.78 Å². The molecule has 0 saturated heterocycles. The minimum Gasteiger partial charge on any atom is -0.442 e. The van der Waals surface area contributed by atoms with Crippen LogP contribution in [0.15, 0.2) is 67.3 Å². The fourth-order valence-corrected chi connectivity index (χ4v) is 3.92. The van der Waals surface area contributed by atoms with Gasteiger partial charge in [-0.2, -0.15) is 23.0 Å². The summed E-state index contributed by atoms with van der Waals surface area (Å²) >= 11 is 5.89. The van der Waals surface area contributed by atoms with Crippen molar-refractivity contribution >= 4 is 35.1 Å². The Balaban J connectivity index is 1.58. The van der Waals surface area contributed by atoms with Gasteiger partial charge in [-0.05, 0) is 69.2 Å². The van der Waals surface area contributed by atoms with E-state index >= 15 is 0 Å². The van der Waals surface area contributed by atoms with Crippen molar-refractivity contribution in [1.29, 1.82) is 0 Å². The van der Waals surface area contributed by atoms with Gasteiger partial charge in [-0.15, -0.1) is 0 Å². The molecule has 2 heterocycles. The summed E-state index contributed by atoms with van der Waals surface area (Å²) in [4.78, 5) is 33.6. The summed E-state index contributed by atoms with van der Waals surface area (Å²) in [5.74, 6) is -0.304. The lowest BCUT2D eigenvalue weighted by Crippen LogP contribution is -2.27. The summed E-state index contributed by atoms with van der Waals surface area (Å²) in [6.45, 7) is 6.88. The number of aromatic nitrogens is 4. The molecule has 1 amide bonds. The van der Waals surface area contributed by atoms with Crippen LogP contribution in [0.5, 0.6) is 0 Å². The van der Waals surface area contributed by atoms with Gasteiger partial charge in [0.05, 0.1) is 30.2 Å². The lowest BCUT2D eigenvalue weighted by Gasteiger charge is -2.18. The van der Waals surface area contributed by atoms with Gasteiger partial charge < -0.3 is 15.4 Å². The number of ether oxygens (including phenoxy) is 1. The van der Waals surface area contributed by atoms with E-state index in [1.54, 1.807) is 39.0 Å². The van der Waals surface area contributed by atoms with Crippen LogP contribution in [0.4, 0.5) is 29.5 Å². The number of amides is 1. The Morgan fingerprint density at radius 3 is 2.46 bits per heavy atom. The van der Waals surface area contributed by atoms with Crippen LogP contribution in [0, 0.1) is 0 Å². The van der Waals surface area contributed by atoms with Crippen LogP contribution in [0.1, 0.15) is 55.2 Å². The highest BCUT2D eigenvalue weighted by atomic mass is 35.5. The first-order valence-electron chi connectivity index (χ1n) is 12.3. The summed E-state index contributed by atoms with van der Waals surface area (Å²) in [6.07, 6.45) is -0.136. The monoisotopic (exact) mass is 586 g/mol. The lowest BCUT2D eigenvalue weighted by molar-refractivity contribution is -0.137. The van der Waals surface area contributed by atoms with Gasteiger partial charge in [0.15, 0.2) is 0 Å². The Kier molecular flexibility index (Phi) is 8.34. The van der Waals surface area contributed by atoms with E-state index in [0.29, 0.717) is 11.5 Å². The molecular weight excluding hydrogens is 561 g/mol. The zero-order valence-electron chi connectivity index (χ0n) is 22.5. The second-order valence-corrected chi connectivity index (χ2v) is 10.5. The Labute approximate surface area is 238 Å². The van der Waals surface area contributed by atoms with Crippen molar-refractivity contribution in [3.63, 3.8) is 0 Å². The molecule has 0 aliphatic rings. The molecule has 0 aliphatic carbocycles. The van der Waals surface area contributed by atoms with Crippen molar-refractivity contribution in [3.8, 4) is 11.1 Å². The van der Waals surface area contributed by atoms with Gasteiger partial charge in [0, 0.05) is 23.0 Å². The molecule has 1 unspecified atom stereocenters. The number of carbonyl (C=O) groups excluding carboxylic acids is 2. The minimum atomic E-state index is -4.73. The van der Waals surface area contributed by atoms with E-state index < -0.39 is 29.3 Å². The molecule has 4 rings (SSSR count). The molecule has 41 heavy (non-hydrogen) atoms. The van der Waals surface area contributed by atoms with Crippen molar-refractivity contribution in [2.45, 2.75) is 45.5 Å². The molecule has 0 spiro atoms. The van der Waals surface area contributed by atoms with E-state index in [1.165, 1.54) is 30.9 Å². The van der Waals surface area contributed by atoms with Crippen LogP contribution in [-0.2, 0) is 10.9 Å². The van der Waals surface area contributed by atoms with Gasteiger partial charge >= 0.3 is 12.3 Å². The van der Waals surface area contributed by atoms with Crippen molar-refractivity contribution in [1.82, 2.24) is 19.7 Å². The highest BCUT2D eigenvalue weighted by Gasteiger charge is 2.32. The fraction of sp³-hybridized carbons (Fsp3) is 0.250. The van der Waals surface area contributed by atoms with Gasteiger partial charge in [0.25, 0.3) is 5.91 Å². The number of anilines is 2. The second kappa shape index (κ2) is 11.6. The molecule has 0 fully saturated rings. The van der Waals surface area contributed by atoms with Crippen molar-refractivity contribution in [2.75, 3.05) is 10.6 Å². The number of hydrogen-bond acceptors (Lipinski definition) is 7. The zero-order valence-corrected chi connectivity index (χ0v) is 23.2. The summed E-state index contributed by atoms with van der Waals surface area (Å²) < 4.78 is 47.4. The lowest BCUT2D eigenvalue weighted by atomic mass is 10.0. The smallest absolute Gasteiger partial charge is 0.435 e. The average molecular weight is 587 g/mol. The molecule has 1 atom stereocenters. The third kappa shape index (κ3) is 7.82. The fourth-order valence-electron chi connectivity index (χ4n) is 3.78. The maximum absolute atomic E-state index is 13.8. The molecule has 2 aromatic carbocycles. The molecular formula is C28H26ClF3N6O3. The van der Waals surface area contributed by atoms with E-state index in [9.17, 15) is 22.8 Å². The van der Waals surface area contributed by atoms with Crippen molar-refractivity contribution in [2.24, 2.45) is 0 Å². The molecule has 0 radical (unpaired) electrons. The SMILES string of the molecule is CC(Nc1cncc(Cl)n1)c1cccc(NC(=O)c2cc(-c3cnn(C(=O)OC(C)(C)C)c3)cc(C(F)(F)F)c2)c1. The molecule has 0 bridgehead atoms. The highest BCUT2D eigenvalue weighted by molar-refractivity contribution is 6.29. The predicted molar refractivity (Wildman–Crippen MR) is 148 cm³/mol. The number of nitrogens with zero attached hydrogens (tertiary/aromatic N) is 4. The van der Waals surface area contributed by atoms with E-state index in [4.69, 9.17) is 16.3 Å². The summed E-state index contributed by atoms with van der Waals surface area (Å²) in [5, 5.41) is 9.93. The van der Waals surface area contributed by atoms with E-state index in [-0.39, 0.29) is 27.9 Å². The number of rotatable bonds is 6. The average Bonchev–Trinajstić information content (AvgIpc) is 3.38. The van der Waals surface area contributed by atoms with Crippen LogP contribution < -0.4 is 10.6 Å². The first-order valence-corrected chi connectivity index (χ1v) is 12.7. The number of carbonyl (C=O) groups is 2.